The Kier molecular flexibility index (Phi) is 4.15. The van der Waals surface area contributed by atoms with E-state index in [2.05, 4.69) is 38.3 Å². The number of H-pyrrole nitrogens is 1. The quantitative estimate of drug-likeness (QED) is 0.690. The molecular weight excluding hydrogens is 354 g/mol. The van der Waals surface area contributed by atoms with Gasteiger partial charge < -0.3 is 14.8 Å². The van der Waals surface area contributed by atoms with Gasteiger partial charge in [0.25, 0.3) is 5.91 Å². The molecule has 7 nitrogen and oxygen atoms in total. The van der Waals surface area contributed by atoms with Crippen LogP contribution in [0.1, 0.15) is 35.4 Å². The summed E-state index contributed by atoms with van der Waals surface area (Å²) in [5.41, 5.74) is 2.41. The predicted molar refractivity (Wildman–Crippen MR) is 105 cm³/mol. The summed E-state index contributed by atoms with van der Waals surface area (Å²) in [5.74, 6) is 0.224. The number of rotatable bonds is 6. The van der Waals surface area contributed by atoms with Crippen LogP contribution in [0.2, 0.25) is 0 Å². The molecule has 0 bridgehead atoms. The minimum atomic E-state index is -0.197. The Morgan fingerprint density at radius 2 is 2.11 bits per heavy atom. The van der Waals surface area contributed by atoms with E-state index in [0.717, 1.165) is 30.6 Å². The number of nitrogens with one attached hydrogen (secondary N) is 2. The van der Waals surface area contributed by atoms with Gasteiger partial charge in [-0.2, -0.15) is 5.10 Å². The fourth-order valence-corrected chi connectivity index (χ4v) is 4.03. The van der Waals surface area contributed by atoms with Crippen molar-refractivity contribution in [2.24, 2.45) is 5.92 Å². The second-order valence-electron chi connectivity index (χ2n) is 7.84. The van der Waals surface area contributed by atoms with Gasteiger partial charge in [0, 0.05) is 43.2 Å². The molecule has 2 fully saturated rings. The summed E-state index contributed by atoms with van der Waals surface area (Å²) in [7, 11) is 0. The Morgan fingerprint density at radius 3 is 2.96 bits per heavy atom. The number of carbonyl (C=O) groups is 2. The minimum Gasteiger partial charge on any atom is -0.350 e. The number of para-hydroxylation sites is 1. The van der Waals surface area contributed by atoms with Crippen LogP contribution in [0.15, 0.2) is 42.6 Å². The molecule has 1 saturated carbocycles. The molecule has 1 aliphatic heterocycles. The third-order valence-electron chi connectivity index (χ3n) is 5.66. The summed E-state index contributed by atoms with van der Waals surface area (Å²) in [6.45, 7) is 1.90. The van der Waals surface area contributed by atoms with Crippen molar-refractivity contribution in [2.75, 3.05) is 13.1 Å². The summed E-state index contributed by atoms with van der Waals surface area (Å²) in [4.78, 5) is 26.4. The summed E-state index contributed by atoms with van der Waals surface area (Å²) >= 11 is 0. The maximum Gasteiger partial charge on any atom is 0.271 e. The number of benzene rings is 1. The van der Waals surface area contributed by atoms with Gasteiger partial charge in [-0.15, -0.1) is 0 Å². The smallest absolute Gasteiger partial charge is 0.271 e. The van der Waals surface area contributed by atoms with Crippen LogP contribution in [-0.2, 0) is 11.3 Å². The van der Waals surface area contributed by atoms with Gasteiger partial charge in [0.15, 0.2) is 0 Å². The lowest BCUT2D eigenvalue weighted by Crippen LogP contribution is -2.32. The molecule has 2 aliphatic rings. The van der Waals surface area contributed by atoms with Crippen molar-refractivity contribution in [3.05, 3.63) is 54.0 Å². The number of aromatic amines is 1. The number of fused-ring (bicyclic) bond motifs is 1. The standard InChI is InChI=1S/C21H23N5O2/c27-20-9-14(12-26(20)17-5-6-17)11-22-21(28)18-10-16(23-24-18)13-25-8-7-15-3-1-2-4-19(15)25/h1-4,7-8,10,14,17H,5-6,9,11-13H2,(H,22,28)(H,23,24). The van der Waals surface area contributed by atoms with E-state index in [0.29, 0.717) is 31.2 Å². The maximum absolute atomic E-state index is 12.4. The summed E-state index contributed by atoms with van der Waals surface area (Å²) < 4.78 is 2.13. The summed E-state index contributed by atoms with van der Waals surface area (Å²) in [5, 5.41) is 11.2. The van der Waals surface area contributed by atoms with Gasteiger partial charge in [-0.25, -0.2) is 0 Å². The molecule has 0 radical (unpaired) electrons. The first kappa shape index (κ1) is 17.0. The molecule has 1 unspecified atom stereocenters. The number of hydrogen-bond acceptors (Lipinski definition) is 3. The maximum atomic E-state index is 12.4. The van der Waals surface area contributed by atoms with Crippen molar-refractivity contribution >= 4 is 22.7 Å². The second-order valence-corrected chi connectivity index (χ2v) is 7.84. The highest BCUT2D eigenvalue weighted by atomic mass is 16.2. The lowest BCUT2D eigenvalue weighted by Gasteiger charge is -2.15. The van der Waals surface area contributed by atoms with Gasteiger partial charge >= 0.3 is 0 Å². The SMILES string of the molecule is O=C(NCC1CC(=O)N(C2CC2)C1)c1cc(Cn2ccc3ccccc32)[nH]n1. The average molecular weight is 377 g/mol. The van der Waals surface area contributed by atoms with Gasteiger partial charge in [-0.05, 0) is 36.4 Å². The van der Waals surface area contributed by atoms with Crippen LogP contribution in [0, 0.1) is 5.92 Å². The first-order valence-corrected chi connectivity index (χ1v) is 9.83. The molecule has 1 saturated heterocycles. The predicted octanol–water partition coefficient (Wildman–Crippen LogP) is 2.15. The zero-order valence-corrected chi connectivity index (χ0v) is 15.6. The van der Waals surface area contributed by atoms with Gasteiger partial charge in [-0.3, -0.25) is 14.7 Å². The zero-order valence-electron chi connectivity index (χ0n) is 15.6. The third kappa shape index (κ3) is 3.28. The van der Waals surface area contributed by atoms with Crippen LogP contribution in [0.4, 0.5) is 0 Å². The Labute approximate surface area is 162 Å². The van der Waals surface area contributed by atoms with Crippen LogP contribution in [0.25, 0.3) is 10.9 Å². The Morgan fingerprint density at radius 1 is 1.25 bits per heavy atom. The Bertz CT molecular complexity index is 1030. The van der Waals surface area contributed by atoms with E-state index in [4.69, 9.17) is 0 Å². The number of nitrogens with zero attached hydrogens (tertiary/aromatic N) is 3. The molecule has 1 aliphatic carbocycles. The van der Waals surface area contributed by atoms with E-state index >= 15 is 0 Å². The van der Waals surface area contributed by atoms with Crippen LogP contribution in [0.3, 0.4) is 0 Å². The van der Waals surface area contributed by atoms with E-state index in [1.807, 2.05) is 23.2 Å². The van der Waals surface area contributed by atoms with E-state index in [-0.39, 0.29) is 17.7 Å². The molecule has 3 aromatic rings. The van der Waals surface area contributed by atoms with Crippen molar-refractivity contribution in [3.8, 4) is 0 Å². The van der Waals surface area contributed by atoms with Crippen LogP contribution in [0.5, 0.6) is 0 Å². The lowest BCUT2D eigenvalue weighted by atomic mass is 10.1. The molecule has 144 valence electrons. The fourth-order valence-electron chi connectivity index (χ4n) is 4.03. The fraction of sp³-hybridized carbons (Fsp3) is 0.381. The van der Waals surface area contributed by atoms with Gasteiger partial charge in [0.05, 0.1) is 12.2 Å². The van der Waals surface area contributed by atoms with Crippen LogP contribution >= 0.6 is 0 Å². The monoisotopic (exact) mass is 377 g/mol. The number of likely N-dealkylation sites (tertiary alicyclic amines) is 1. The Balaban J connectivity index is 1.19. The second kappa shape index (κ2) is 6.82. The van der Waals surface area contributed by atoms with E-state index in [1.54, 1.807) is 6.07 Å². The first-order chi connectivity index (χ1) is 13.7. The molecule has 7 heteroatoms. The lowest BCUT2D eigenvalue weighted by molar-refractivity contribution is -0.128. The molecule has 28 heavy (non-hydrogen) atoms. The van der Waals surface area contributed by atoms with Crippen molar-refractivity contribution in [1.29, 1.82) is 0 Å². The molecule has 0 spiro atoms. The Hall–Kier alpha value is -3.09. The number of aromatic nitrogens is 3. The highest BCUT2D eigenvalue weighted by Gasteiger charge is 2.39. The number of hydrogen-bond donors (Lipinski definition) is 2. The molecule has 2 N–H and O–H groups in total. The molecule has 1 aromatic carbocycles. The van der Waals surface area contributed by atoms with Gasteiger partial charge in [-0.1, -0.05) is 18.2 Å². The van der Waals surface area contributed by atoms with Crippen molar-refractivity contribution in [2.45, 2.75) is 31.8 Å². The third-order valence-corrected chi connectivity index (χ3v) is 5.66. The van der Waals surface area contributed by atoms with Crippen molar-refractivity contribution in [1.82, 2.24) is 25.0 Å². The molecule has 2 amide bonds. The van der Waals surface area contributed by atoms with Crippen molar-refractivity contribution in [3.63, 3.8) is 0 Å². The van der Waals surface area contributed by atoms with E-state index in [9.17, 15) is 9.59 Å². The van der Waals surface area contributed by atoms with Crippen LogP contribution in [-0.4, -0.2) is 50.6 Å². The number of amides is 2. The molecule has 1 atom stereocenters. The highest BCUT2D eigenvalue weighted by Crippen LogP contribution is 2.32. The van der Waals surface area contributed by atoms with Crippen molar-refractivity contribution < 1.29 is 9.59 Å². The highest BCUT2D eigenvalue weighted by molar-refractivity contribution is 5.92. The van der Waals surface area contributed by atoms with E-state index < -0.39 is 0 Å². The molecule has 3 heterocycles. The molecular formula is C21H23N5O2. The van der Waals surface area contributed by atoms with E-state index in [1.165, 1.54) is 5.39 Å². The van der Waals surface area contributed by atoms with Gasteiger partial charge in [0.1, 0.15) is 5.69 Å². The first-order valence-electron chi connectivity index (χ1n) is 9.83. The zero-order chi connectivity index (χ0) is 19.1. The number of carbonyl (C=O) groups excluding carboxylic acids is 2. The summed E-state index contributed by atoms with van der Waals surface area (Å²) in [6, 6.07) is 12.5. The normalized spacial score (nSPS) is 19.5. The molecule has 2 aromatic heterocycles. The topological polar surface area (TPSA) is 83.0 Å². The minimum absolute atomic E-state index is 0.196. The van der Waals surface area contributed by atoms with Gasteiger partial charge in [0.2, 0.25) is 5.91 Å². The average Bonchev–Trinajstić information content (AvgIpc) is 3.12. The van der Waals surface area contributed by atoms with Crippen LogP contribution < -0.4 is 5.32 Å². The largest absolute Gasteiger partial charge is 0.350 e. The molecule has 5 rings (SSSR count). The summed E-state index contributed by atoms with van der Waals surface area (Å²) in [6.07, 6.45) is 4.81.